The van der Waals surface area contributed by atoms with Crippen LogP contribution in [-0.2, 0) is 13.1 Å². The van der Waals surface area contributed by atoms with E-state index in [1.165, 1.54) is 23.6 Å². The standard InChI is InChI=1S/C13H22N2OS/c1-10-9-17-5-4-15(10)8-13-6-12(7-14-3)11(2)16-13/h6,10,14H,4-5,7-9H2,1-3H3. The molecule has 1 saturated heterocycles. The molecular formula is C13H22N2OS. The molecule has 1 aliphatic rings. The maximum absolute atomic E-state index is 5.83. The van der Waals surface area contributed by atoms with Crippen LogP contribution in [0.1, 0.15) is 24.0 Å². The summed E-state index contributed by atoms with van der Waals surface area (Å²) in [7, 11) is 1.97. The molecule has 1 atom stereocenters. The number of nitrogens with one attached hydrogen (secondary N) is 1. The third kappa shape index (κ3) is 3.27. The van der Waals surface area contributed by atoms with Gasteiger partial charge in [-0.25, -0.2) is 0 Å². The highest BCUT2D eigenvalue weighted by molar-refractivity contribution is 7.99. The van der Waals surface area contributed by atoms with Crippen molar-refractivity contribution in [2.24, 2.45) is 0 Å². The number of hydrogen-bond acceptors (Lipinski definition) is 4. The highest BCUT2D eigenvalue weighted by Crippen LogP contribution is 2.21. The molecule has 0 aliphatic carbocycles. The van der Waals surface area contributed by atoms with Gasteiger partial charge in [0.05, 0.1) is 6.54 Å². The summed E-state index contributed by atoms with van der Waals surface area (Å²) in [6.07, 6.45) is 0. The first kappa shape index (κ1) is 13.0. The van der Waals surface area contributed by atoms with Crippen molar-refractivity contribution in [3.8, 4) is 0 Å². The zero-order chi connectivity index (χ0) is 12.3. The number of hydrogen-bond donors (Lipinski definition) is 1. The van der Waals surface area contributed by atoms with E-state index in [9.17, 15) is 0 Å². The van der Waals surface area contributed by atoms with Crippen LogP contribution >= 0.6 is 11.8 Å². The van der Waals surface area contributed by atoms with Gasteiger partial charge in [0.2, 0.25) is 0 Å². The van der Waals surface area contributed by atoms with Crippen molar-refractivity contribution in [2.45, 2.75) is 33.0 Å². The Bertz CT molecular complexity index is 364. The van der Waals surface area contributed by atoms with Crippen LogP contribution in [0, 0.1) is 6.92 Å². The first-order valence-corrected chi connectivity index (χ1v) is 7.40. The predicted octanol–water partition coefficient (Wildman–Crippen LogP) is 2.24. The SMILES string of the molecule is CNCc1cc(CN2CCSCC2C)oc1C. The molecule has 1 aromatic heterocycles. The number of furan rings is 1. The second-order valence-electron chi connectivity index (χ2n) is 4.72. The molecule has 0 bridgehead atoms. The maximum Gasteiger partial charge on any atom is 0.118 e. The van der Waals surface area contributed by atoms with Crippen LogP contribution in [0.25, 0.3) is 0 Å². The normalized spacial score (nSPS) is 21.9. The molecule has 17 heavy (non-hydrogen) atoms. The van der Waals surface area contributed by atoms with Gasteiger partial charge in [0.1, 0.15) is 11.5 Å². The zero-order valence-electron chi connectivity index (χ0n) is 11.0. The Labute approximate surface area is 108 Å². The number of nitrogens with zero attached hydrogens (tertiary/aromatic N) is 1. The highest BCUT2D eigenvalue weighted by atomic mass is 32.2. The molecule has 0 radical (unpaired) electrons. The molecular weight excluding hydrogens is 232 g/mol. The quantitative estimate of drug-likeness (QED) is 0.892. The minimum Gasteiger partial charge on any atom is -0.465 e. The number of aryl methyl sites for hydroxylation is 1. The zero-order valence-corrected chi connectivity index (χ0v) is 11.8. The van der Waals surface area contributed by atoms with Crippen molar-refractivity contribution in [3.05, 3.63) is 23.2 Å². The van der Waals surface area contributed by atoms with Gasteiger partial charge >= 0.3 is 0 Å². The van der Waals surface area contributed by atoms with Gasteiger partial charge in [-0.2, -0.15) is 11.8 Å². The van der Waals surface area contributed by atoms with Crippen molar-refractivity contribution in [2.75, 3.05) is 25.1 Å². The van der Waals surface area contributed by atoms with Crippen molar-refractivity contribution in [1.29, 1.82) is 0 Å². The van der Waals surface area contributed by atoms with Gasteiger partial charge in [-0.1, -0.05) is 0 Å². The van der Waals surface area contributed by atoms with Gasteiger partial charge in [0.15, 0.2) is 0 Å². The molecule has 0 spiro atoms. The van der Waals surface area contributed by atoms with E-state index < -0.39 is 0 Å². The molecule has 2 heterocycles. The first-order chi connectivity index (χ1) is 8.20. The highest BCUT2D eigenvalue weighted by Gasteiger charge is 2.20. The fourth-order valence-corrected chi connectivity index (χ4v) is 3.31. The van der Waals surface area contributed by atoms with Crippen molar-refractivity contribution in [3.63, 3.8) is 0 Å². The van der Waals surface area contributed by atoms with Crippen LogP contribution in [-0.4, -0.2) is 36.0 Å². The Morgan fingerprint density at radius 1 is 1.59 bits per heavy atom. The van der Waals surface area contributed by atoms with Crippen molar-refractivity contribution < 1.29 is 4.42 Å². The van der Waals surface area contributed by atoms with Crippen LogP contribution in [0.4, 0.5) is 0 Å². The summed E-state index contributed by atoms with van der Waals surface area (Å²) in [5.41, 5.74) is 1.28. The topological polar surface area (TPSA) is 28.4 Å². The summed E-state index contributed by atoms with van der Waals surface area (Å²) in [5.74, 6) is 4.64. The van der Waals surface area contributed by atoms with Gasteiger partial charge in [0, 0.05) is 36.2 Å². The summed E-state index contributed by atoms with van der Waals surface area (Å²) in [6, 6.07) is 2.85. The second kappa shape index (κ2) is 5.94. The summed E-state index contributed by atoms with van der Waals surface area (Å²) in [4.78, 5) is 2.51. The number of rotatable bonds is 4. The van der Waals surface area contributed by atoms with E-state index in [0.29, 0.717) is 6.04 Å². The van der Waals surface area contributed by atoms with Gasteiger partial charge < -0.3 is 9.73 Å². The molecule has 1 unspecified atom stereocenters. The van der Waals surface area contributed by atoms with E-state index in [1.807, 2.05) is 14.0 Å². The van der Waals surface area contributed by atoms with Gasteiger partial charge in [0.25, 0.3) is 0 Å². The van der Waals surface area contributed by atoms with Crippen LogP contribution in [0.3, 0.4) is 0 Å². The average Bonchev–Trinajstić information content (AvgIpc) is 2.63. The molecule has 4 heteroatoms. The minimum atomic E-state index is 0.659. The predicted molar refractivity (Wildman–Crippen MR) is 73.4 cm³/mol. The first-order valence-electron chi connectivity index (χ1n) is 6.25. The molecule has 0 aromatic carbocycles. The Kier molecular flexibility index (Phi) is 4.54. The smallest absolute Gasteiger partial charge is 0.118 e. The van der Waals surface area contributed by atoms with E-state index in [0.717, 1.165) is 24.6 Å². The second-order valence-corrected chi connectivity index (χ2v) is 5.87. The number of thioether (sulfide) groups is 1. The lowest BCUT2D eigenvalue weighted by atomic mass is 10.2. The third-order valence-corrected chi connectivity index (χ3v) is 4.49. The van der Waals surface area contributed by atoms with E-state index >= 15 is 0 Å². The van der Waals surface area contributed by atoms with E-state index in [2.05, 4.69) is 35.0 Å². The Morgan fingerprint density at radius 2 is 2.41 bits per heavy atom. The fourth-order valence-electron chi connectivity index (χ4n) is 2.23. The van der Waals surface area contributed by atoms with Crippen molar-refractivity contribution in [1.82, 2.24) is 10.2 Å². The lowest BCUT2D eigenvalue weighted by Crippen LogP contribution is -2.39. The molecule has 1 fully saturated rings. The minimum absolute atomic E-state index is 0.659. The maximum atomic E-state index is 5.83. The lowest BCUT2D eigenvalue weighted by Gasteiger charge is -2.32. The molecule has 1 aromatic rings. The van der Waals surface area contributed by atoms with Gasteiger partial charge in [-0.3, -0.25) is 4.90 Å². The Hall–Kier alpha value is -0.450. The van der Waals surface area contributed by atoms with Crippen LogP contribution in [0.15, 0.2) is 10.5 Å². The largest absolute Gasteiger partial charge is 0.465 e. The lowest BCUT2D eigenvalue weighted by molar-refractivity contribution is 0.205. The summed E-state index contributed by atoms with van der Waals surface area (Å²) >= 11 is 2.05. The molecule has 0 amide bonds. The van der Waals surface area contributed by atoms with E-state index in [-0.39, 0.29) is 0 Å². The van der Waals surface area contributed by atoms with E-state index in [4.69, 9.17) is 4.42 Å². The fraction of sp³-hybridized carbons (Fsp3) is 0.692. The summed E-state index contributed by atoms with van der Waals surface area (Å²) in [5, 5.41) is 3.17. The average molecular weight is 254 g/mol. The van der Waals surface area contributed by atoms with Crippen molar-refractivity contribution >= 4 is 11.8 Å². The molecule has 3 nitrogen and oxygen atoms in total. The summed E-state index contributed by atoms with van der Waals surface area (Å²) < 4.78 is 5.83. The Morgan fingerprint density at radius 3 is 3.12 bits per heavy atom. The molecule has 0 saturated carbocycles. The third-order valence-electron chi connectivity index (χ3n) is 3.30. The Balaban J connectivity index is 2.00. The van der Waals surface area contributed by atoms with Crippen LogP contribution < -0.4 is 5.32 Å². The van der Waals surface area contributed by atoms with Crippen LogP contribution in [0.5, 0.6) is 0 Å². The molecule has 96 valence electrons. The van der Waals surface area contributed by atoms with E-state index in [1.54, 1.807) is 0 Å². The molecule has 2 rings (SSSR count). The van der Waals surface area contributed by atoms with Gasteiger partial charge in [-0.15, -0.1) is 0 Å². The van der Waals surface area contributed by atoms with Gasteiger partial charge in [-0.05, 0) is 27.0 Å². The van der Waals surface area contributed by atoms with Crippen LogP contribution in [0.2, 0.25) is 0 Å². The molecule has 1 aliphatic heterocycles. The summed E-state index contributed by atoms with van der Waals surface area (Å²) in [6.45, 7) is 7.36. The molecule has 1 N–H and O–H groups in total. The monoisotopic (exact) mass is 254 g/mol.